The van der Waals surface area contributed by atoms with Crippen LogP contribution >= 0.6 is 0 Å². The molecule has 1 N–H and O–H groups in total. The number of halogens is 2. The first-order valence-electron chi connectivity index (χ1n) is 10.7. The van der Waals surface area contributed by atoms with Gasteiger partial charge in [-0.2, -0.15) is 4.98 Å². The topological polar surface area (TPSA) is 88.7 Å². The summed E-state index contributed by atoms with van der Waals surface area (Å²) in [4.78, 5) is 16.9. The molecule has 0 aliphatic rings. The van der Waals surface area contributed by atoms with Gasteiger partial charge in [0.15, 0.2) is 0 Å². The molecular weight excluding hydrogens is 456 g/mol. The third-order valence-corrected chi connectivity index (χ3v) is 5.32. The number of aromatic nitrogens is 2. The summed E-state index contributed by atoms with van der Waals surface area (Å²) in [6.45, 7) is 0.306. The molecule has 35 heavy (non-hydrogen) atoms. The monoisotopic (exact) mass is 479 g/mol. The van der Waals surface area contributed by atoms with E-state index in [1.807, 2.05) is 0 Å². The number of benzene rings is 3. The van der Waals surface area contributed by atoms with Crippen molar-refractivity contribution < 1.29 is 27.9 Å². The molecule has 0 amide bonds. The van der Waals surface area contributed by atoms with Gasteiger partial charge in [0.05, 0.1) is 13.2 Å². The lowest BCUT2D eigenvalue weighted by atomic mass is 9.97. The molecule has 1 heterocycles. The predicted octanol–water partition coefficient (Wildman–Crippen LogP) is 5.01. The van der Waals surface area contributed by atoms with Crippen molar-refractivity contribution in [3.05, 3.63) is 83.4 Å². The molecule has 0 bridgehead atoms. The number of hydrogen-bond acceptors (Lipinski definition) is 6. The van der Waals surface area contributed by atoms with Gasteiger partial charge in [0, 0.05) is 30.3 Å². The number of hydrogen-bond donors (Lipinski definition) is 1. The molecule has 0 aliphatic heterocycles. The minimum Gasteiger partial charge on any atom is -0.480 e. The van der Waals surface area contributed by atoms with E-state index in [1.54, 1.807) is 61.5 Å². The molecule has 0 unspecified atom stereocenters. The summed E-state index contributed by atoms with van der Waals surface area (Å²) in [6.07, 6.45) is 0. The lowest BCUT2D eigenvalue weighted by Crippen LogP contribution is -2.25. The minimum atomic E-state index is -0.971. The highest BCUT2D eigenvalue weighted by Gasteiger charge is 2.16. The fourth-order valence-corrected chi connectivity index (χ4v) is 3.87. The van der Waals surface area contributed by atoms with Crippen LogP contribution in [0.2, 0.25) is 0 Å². The molecule has 0 radical (unpaired) electrons. The van der Waals surface area contributed by atoms with Crippen LogP contribution in [0.4, 0.5) is 8.78 Å². The van der Waals surface area contributed by atoms with Crippen molar-refractivity contribution >= 4 is 5.97 Å². The van der Waals surface area contributed by atoms with Gasteiger partial charge in [-0.15, -0.1) is 0 Å². The van der Waals surface area contributed by atoms with E-state index >= 15 is 0 Å². The molecule has 0 atom stereocenters. The number of likely N-dealkylation sites (N-methyl/N-ethyl adjacent to an activating group) is 1. The van der Waals surface area contributed by atoms with Crippen LogP contribution < -0.4 is 0 Å². The standard InChI is InChI=1S/C26H23F2N3O4/c1-31(14-24(32)33)13-16-9-18(12-20(27)10-16)25-29-26(35-30-25)17-7-8-21(19(11-17)15-34-2)22-5-3-4-6-23(22)28/h3-12H,13-15H2,1-2H3,(H,32,33). The Labute approximate surface area is 200 Å². The molecule has 4 rings (SSSR count). The number of ether oxygens (including phenoxy) is 1. The van der Waals surface area contributed by atoms with E-state index in [2.05, 4.69) is 10.1 Å². The highest BCUT2D eigenvalue weighted by atomic mass is 19.1. The summed E-state index contributed by atoms with van der Waals surface area (Å²) in [5.41, 5.74) is 3.47. The molecule has 0 saturated carbocycles. The summed E-state index contributed by atoms with van der Waals surface area (Å²) in [5, 5.41) is 12.9. The zero-order valence-corrected chi connectivity index (χ0v) is 19.2. The van der Waals surface area contributed by atoms with Crippen LogP contribution in [-0.2, 0) is 22.7 Å². The number of aliphatic carboxylic acids is 1. The minimum absolute atomic E-state index is 0.176. The number of methoxy groups -OCH3 is 1. The van der Waals surface area contributed by atoms with Crippen molar-refractivity contribution in [1.82, 2.24) is 15.0 Å². The van der Waals surface area contributed by atoms with Crippen LogP contribution in [0.1, 0.15) is 11.1 Å². The van der Waals surface area contributed by atoms with Gasteiger partial charge < -0.3 is 14.4 Å². The van der Waals surface area contributed by atoms with Gasteiger partial charge in [0.25, 0.3) is 5.89 Å². The van der Waals surface area contributed by atoms with Crippen LogP contribution in [0.3, 0.4) is 0 Å². The Kier molecular flexibility index (Phi) is 7.28. The first kappa shape index (κ1) is 24.2. The second-order valence-corrected chi connectivity index (χ2v) is 8.12. The summed E-state index contributed by atoms with van der Waals surface area (Å²) in [7, 11) is 3.19. The number of carbonyl (C=O) groups is 1. The van der Waals surface area contributed by atoms with Crippen LogP contribution in [0, 0.1) is 11.6 Å². The van der Waals surface area contributed by atoms with E-state index in [4.69, 9.17) is 14.4 Å². The Bertz CT molecular complexity index is 1360. The van der Waals surface area contributed by atoms with Gasteiger partial charge >= 0.3 is 5.97 Å². The Morgan fingerprint density at radius 2 is 1.86 bits per heavy atom. The lowest BCUT2D eigenvalue weighted by molar-refractivity contribution is -0.138. The molecule has 0 spiro atoms. The van der Waals surface area contributed by atoms with Crippen LogP contribution in [0.5, 0.6) is 0 Å². The van der Waals surface area contributed by atoms with Gasteiger partial charge in [0.2, 0.25) is 5.82 Å². The molecule has 1 aromatic heterocycles. The molecule has 0 saturated heterocycles. The average Bonchev–Trinajstić information content (AvgIpc) is 3.29. The summed E-state index contributed by atoms with van der Waals surface area (Å²) in [6, 6.07) is 16.1. The average molecular weight is 479 g/mol. The van der Waals surface area contributed by atoms with Crippen molar-refractivity contribution in [1.29, 1.82) is 0 Å². The van der Waals surface area contributed by atoms with E-state index in [-0.39, 0.29) is 37.2 Å². The second kappa shape index (κ2) is 10.5. The Balaban J connectivity index is 1.64. The van der Waals surface area contributed by atoms with Gasteiger partial charge in [-0.25, -0.2) is 8.78 Å². The van der Waals surface area contributed by atoms with Gasteiger partial charge in [0.1, 0.15) is 11.6 Å². The van der Waals surface area contributed by atoms with Crippen molar-refractivity contribution in [3.63, 3.8) is 0 Å². The number of carboxylic acids is 1. The molecule has 0 aliphatic carbocycles. The van der Waals surface area contributed by atoms with Crippen molar-refractivity contribution in [2.24, 2.45) is 0 Å². The highest BCUT2D eigenvalue weighted by molar-refractivity contribution is 5.72. The molecule has 0 fully saturated rings. The van der Waals surface area contributed by atoms with E-state index in [0.29, 0.717) is 27.8 Å². The quantitative estimate of drug-likeness (QED) is 0.361. The molecule has 3 aromatic carbocycles. The fourth-order valence-electron chi connectivity index (χ4n) is 3.87. The maximum Gasteiger partial charge on any atom is 0.317 e. The molecule has 9 heteroatoms. The first-order chi connectivity index (χ1) is 16.8. The smallest absolute Gasteiger partial charge is 0.317 e. The highest BCUT2D eigenvalue weighted by Crippen LogP contribution is 2.31. The summed E-state index contributed by atoms with van der Waals surface area (Å²) < 4.78 is 39.4. The van der Waals surface area contributed by atoms with Crippen molar-refractivity contribution in [3.8, 4) is 34.0 Å². The van der Waals surface area contributed by atoms with Gasteiger partial charge in [-0.05, 0) is 60.1 Å². The lowest BCUT2D eigenvalue weighted by Gasteiger charge is -2.14. The van der Waals surface area contributed by atoms with E-state index in [0.717, 1.165) is 5.56 Å². The van der Waals surface area contributed by atoms with Crippen LogP contribution in [0.15, 0.2) is 65.2 Å². The Morgan fingerprint density at radius 3 is 2.60 bits per heavy atom. The molecule has 4 aromatic rings. The third-order valence-electron chi connectivity index (χ3n) is 5.32. The third kappa shape index (κ3) is 5.76. The predicted molar refractivity (Wildman–Crippen MR) is 125 cm³/mol. The Hall–Kier alpha value is -3.95. The van der Waals surface area contributed by atoms with E-state index in [9.17, 15) is 13.6 Å². The first-order valence-corrected chi connectivity index (χ1v) is 10.7. The van der Waals surface area contributed by atoms with E-state index in [1.165, 1.54) is 18.2 Å². The zero-order valence-electron chi connectivity index (χ0n) is 19.2. The number of rotatable bonds is 9. The van der Waals surface area contributed by atoms with E-state index < -0.39 is 11.8 Å². The SMILES string of the molecule is COCc1cc(-c2nc(-c3cc(F)cc(CN(C)CC(=O)O)c3)no2)ccc1-c1ccccc1F. The van der Waals surface area contributed by atoms with Crippen molar-refractivity contribution in [2.75, 3.05) is 20.7 Å². The molecule has 180 valence electrons. The number of carboxylic acid groups (broad SMARTS) is 1. The Morgan fingerprint density at radius 1 is 1.06 bits per heavy atom. The maximum absolute atomic E-state index is 14.4. The normalized spacial score (nSPS) is 11.2. The van der Waals surface area contributed by atoms with Crippen molar-refractivity contribution in [2.45, 2.75) is 13.2 Å². The fraction of sp³-hybridized carbons (Fsp3) is 0.192. The van der Waals surface area contributed by atoms with Crippen LogP contribution in [0.25, 0.3) is 34.0 Å². The summed E-state index contributed by atoms with van der Waals surface area (Å²) >= 11 is 0. The van der Waals surface area contributed by atoms with Gasteiger partial charge in [-0.3, -0.25) is 9.69 Å². The molecular formula is C26H23F2N3O4. The summed E-state index contributed by atoms with van der Waals surface area (Å²) in [5.74, 6) is -1.40. The van der Waals surface area contributed by atoms with Crippen LogP contribution in [-0.4, -0.2) is 46.8 Å². The molecule has 7 nitrogen and oxygen atoms in total. The van der Waals surface area contributed by atoms with Gasteiger partial charge in [-0.1, -0.05) is 29.4 Å². The largest absolute Gasteiger partial charge is 0.480 e. The maximum atomic E-state index is 14.4. The second-order valence-electron chi connectivity index (χ2n) is 8.12. The number of nitrogens with zero attached hydrogens (tertiary/aromatic N) is 3. The zero-order chi connectivity index (χ0) is 24.9.